The number of hydrogen-bond acceptors (Lipinski definition) is 4. The van der Waals surface area contributed by atoms with Crippen LogP contribution in [0.2, 0.25) is 0 Å². The molecule has 4 nitrogen and oxygen atoms in total. The number of carboxylic acid groups (broad SMARTS) is 1. The number of carboxylic acids is 1. The molecular weight excluding hydrogens is 238 g/mol. The summed E-state index contributed by atoms with van der Waals surface area (Å²) in [6.07, 6.45) is 4.51. The summed E-state index contributed by atoms with van der Waals surface area (Å²) in [6, 6.07) is 0. The number of aliphatic hydroxyl groups is 1. The summed E-state index contributed by atoms with van der Waals surface area (Å²) in [5.41, 5.74) is -0.919. The van der Waals surface area contributed by atoms with Crippen LogP contribution in [0.25, 0.3) is 0 Å². The van der Waals surface area contributed by atoms with Gasteiger partial charge in [-0.05, 0) is 38.5 Å². The molecule has 0 aliphatic heterocycles. The number of thiazole rings is 1. The number of nitrogens with zero attached hydrogens (tertiary/aromatic N) is 1. The van der Waals surface area contributed by atoms with Crippen LogP contribution in [0.3, 0.4) is 0 Å². The molecular formula is C12H17NO3S. The van der Waals surface area contributed by atoms with Gasteiger partial charge in [0.05, 0.1) is 5.92 Å². The third-order valence-electron chi connectivity index (χ3n) is 3.74. The van der Waals surface area contributed by atoms with Crippen molar-refractivity contribution < 1.29 is 15.0 Å². The quantitative estimate of drug-likeness (QED) is 0.869. The van der Waals surface area contributed by atoms with Gasteiger partial charge in [-0.25, -0.2) is 4.98 Å². The monoisotopic (exact) mass is 255 g/mol. The Bertz CT molecular complexity index is 380. The molecule has 0 radical (unpaired) electrons. The van der Waals surface area contributed by atoms with E-state index in [4.69, 9.17) is 5.11 Å². The second-order valence-electron chi connectivity index (χ2n) is 4.87. The number of rotatable bonds is 3. The minimum atomic E-state index is -0.919. The van der Waals surface area contributed by atoms with Crippen LogP contribution in [0.5, 0.6) is 0 Å². The second-order valence-corrected chi connectivity index (χ2v) is 5.77. The van der Waals surface area contributed by atoms with Gasteiger partial charge in [-0.3, -0.25) is 4.79 Å². The SMILES string of the molecule is C[C@@](O)(c1nccs1)C1CCC(C(=O)O)CC1. The van der Waals surface area contributed by atoms with Crippen LogP contribution in [0.4, 0.5) is 0 Å². The molecule has 0 aromatic carbocycles. The third-order valence-corrected chi connectivity index (χ3v) is 4.74. The van der Waals surface area contributed by atoms with Gasteiger partial charge in [0.25, 0.3) is 0 Å². The highest BCUT2D eigenvalue weighted by Gasteiger charge is 2.39. The smallest absolute Gasteiger partial charge is 0.306 e. The molecule has 5 heteroatoms. The summed E-state index contributed by atoms with van der Waals surface area (Å²) in [6.45, 7) is 1.79. The number of aromatic nitrogens is 1. The molecule has 0 spiro atoms. The van der Waals surface area contributed by atoms with Gasteiger partial charge in [0, 0.05) is 11.6 Å². The lowest BCUT2D eigenvalue weighted by molar-refractivity contribution is -0.144. The van der Waals surface area contributed by atoms with Gasteiger partial charge in [0.2, 0.25) is 0 Å². The van der Waals surface area contributed by atoms with E-state index in [0.29, 0.717) is 12.8 Å². The highest BCUT2D eigenvalue weighted by atomic mass is 32.1. The predicted octanol–water partition coefficient (Wildman–Crippen LogP) is 2.24. The van der Waals surface area contributed by atoms with Crippen LogP contribution in [0, 0.1) is 11.8 Å². The van der Waals surface area contributed by atoms with Crippen molar-refractivity contribution in [2.75, 3.05) is 0 Å². The Morgan fingerprint density at radius 2 is 2.12 bits per heavy atom. The molecule has 1 fully saturated rings. The molecule has 0 bridgehead atoms. The zero-order chi connectivity index (χ0) is 12.5. The first-order valence-corrected chi connectivity index (χ1v) is 6.75. The molecule has 1 aliphatic carbocycles. The van der Waals surface area contributed by atoms with E-state index in [9.17, 15) is 9.90 Å². The zero-order valence-electron chi connectivity index (χ0n) is 9.80. The van der Waals surface area contributed by atoms with Gasteiger partial charge >= 0.3 is 5.97 Å². The van der Waals surface area contributed by atoms with Crippen molar-refractivity contribution in [3.05, 3.63) is 16.6 Å². The maximum atomic E-state index is 10.9. The second kappa shape index (κ2) is 4.74. The molecule has 1 atom stereocenters. The zero-order valence-corrected chi connectivity index (χ0v) is 10.6. The Labute approximate surface area is 104 Å². The fourth-order valence-electron chi connectivity index (χ4n) is 2.55. The Balaban J connectivity index is 2.03. The van der Waals surface area contributed by atoms with E-state index in [0.717, 1.165) is 17.8 Å². The van der Waals surface area contributed by atoms with Crippen LogP contribution >= 0.6 is 11.3 Å². The first-order chi connectivity index (χ1) is 8.01. The molecule has 1 saturated carbocycles. The van der Waals surface area contributed by atoms with E-state index >= 15 is 0 Å². The lowest BCUT2D eigenvalue weighted by Gasteiger charge is -2.35. The summed E-state index contributed by atoms with van der Waals surface area (Å²) in [4.78, 5) is 15.0. The van der Waals surface area contributed by atoms with Gasteiger partial charge in [0.1, 0.15) is 10.6 Å². The first kappa shape index (κ1) is 12.5. The van der Waals surface area contributed by atoms with Crippen molar-refractivity contribution in [3.8, 4) is 0 Å². The molecule has 2 rings (SSSR count). The van der Waals surface area contributed by atoms with Crippen molar-refractivity contribution in [3.63, 3.8) is 0 Å². The van der Waals surface area contributed by atoms with Crippen molar-refractivity contribution in [2.45, 2.75) is 38.2 Å². The van der Waals surface area contributed by atoms with Crippen molar-refractivity contribution in [1.29, 1.82) is 0 Å². The molecule has 1 aromatic rings. The predicted molar refractivity (Wildman–Crippen MR) is 64.8 cm³/mol. The average molecular weight is 255 g/mol. The van der Waals surface area contributed by atoms with Gasteiger partial charge in [-0.2, -0.15) is 0 Å². The van der Waals surface area contributed by atoms with E-state index in [2.05, 4.69) is 4.98 Å². The molecule has 94 valence electrons. The molecule has 0 saturated heterocycles. The lowest BCUT2D eigenvalue weighted by atomic mass is 9.74. The van der Waals surface area contributed by atoms with Crippen molar-refractivity contribution in [2.24, 2.45) is 11.8 Å². The average Bonchev–Trinajstić information content (AvgIpc) is 2.83. The molecule has 0 unspecified atom stereocenters. The van der Waals surface area contributed by atoms with E-state index in [1.807, 2.05) is 5.38 Å². The van der Waals surface area contributed by atoms with Gasteiger partial charge in [-0.15, -0.1) is 11.3 Å². The van der Waals surface area contributed by atoms with E-state index in [1.54, 1.807) is 13.1 Å². The largest absolute Gasteiger partial charge is 0.481 e. The normalized spacial score (nSPS) is 28.6. The maximum absolute atomic E-state index is 10.9. The lowest BCUT2D eigenvalue weighted by Crippen LogP contribution is -2.35. The Morgan fingerprint density at radius 1 is 1.47 bits per heavy atom. The van der Waals surface area contributed by atoms with Crippen LogP contribution in [-0.2, 0) is 10.4 Å². The fourth-order valence-corrected chi connectivity index (χ4v) is 3.33. The highest BCUT2D eigenvalue weighted by molar-refractivity contribution is 7.09. The molecule has 1 aromatic heterocycles. The number of aliphatic carboxylic acids is 1. The summed E-state index contributed by atoms with van der Waals surface area (Å²) >= 11 is 1.45. The van der Waals surface area contributed by atoms with Gasteiger partial charge in [0.15, 0.2) is 0 Å². The van der Waals surface area contributed by atoms with Crippen LogP contribution in [-0.4, -0.2) is 21.2 Å². The highest BCUT2D eigenvalue weighted by Crippen LogP contribution is 2.41. The minimum Gasteiger partial charge on any atom is -0.481 e. The van der Waals surface area contributed by atoms with Gasteiger partial charge < -0.3 is 10.2 Å². The molecule has 1 heterocycles. The molecule has 2 N–H and O–H groups in total. The van der Waals surface area contributed by atoms with Crippen LogP contribution in [0.1, 0.15) is 37.6 Å². The standard InChI is InChI=1S/C12H17NO3S/c1-12(16,11-13-6-7-17-11)9-4-2-8(3-5-9)10(14)15/h6-9,16H,2-5H2,1H3,(H,14,15)/t8?,9?,12-/m0/s1. The Hall–Kier alpha value is -0.940. The summed E-state index contributed by atoms with van der Waals surface area (Å²) in [7, 11) is 0. The van der Waals surface area contributed by atoms with E-state index in [-0.39, 0.29) is 11.8 Å². The molecule has 17 heavy (non-hydrogen) atoms. The fraction of sp³-hybridized carbons (Fsp3) is 0.667. The summed E-state index contributed by atoms with van der Waals surface area (Å²) < 4.78 is 0. The topological polar surface area (TPSA) is 70.4 Å². The maximum Gasteiger partial charge on any atom is 0.306 e. The molecule has 0 amide bonds. The molecule has 1 aliphatic rings. The number of carbonyl (C=O) groups is 1. The number of hydrogen-bond donors (Lipinski definition) is 2. The van der Waals surface area contributed by atoms with Crippen molar-refractivity contribution in [1.82, 2.24) is 4.98 Å². The first-order valence-electron chi connectivity index (χ1n) is 5.87. The third kappa shape index (κ3) is 2.50. The summed E-state index contributed by atoms with van der Waals surface area (Å²) in [5.74, 6) is -0.833. The van der Waals surface area contributed by atoms with Gasteiger partial charge in [-0.1, -0.05) is 0 Å². The van der Waals surface area contributed by atoms with E-state index < -0.39 is 11.6 Å². The van der Waals surface area contributed by atoms with E-state index in [1.165, 1.54) is 11.3 Å². The minimum absolute atomic E-state index is 0.115. The van der Waals surface area contributed by atoms with Crippen LogP contribution in [0.15, 0.2) is 11.6 Å². The van der Waals surface area contributed by atoms with Crippen LogP contribution < -0.4 is 0 Å². The summed E-state index contributed by atoms with van der Waals surface area (Å²) in [5, 5.41) is 22.0. The van der Waals surface area contributed by atoms with Crippen molar-refractivity contribution >= 4 is 17.3 Å². The Kier molecular flexibility index (Phi) is 3.49. The Morgan fingerprint density at radius 3 is 2.59 bits per heavy atom.